The molecule has 0 aliphatic carbocycles. The van der Waals surface area contributed by atoms with E-state index < -0.39 is 11.9 Å². The smallest absolute Gasteiger partial charge is 0.344 e. The third-order valence-corrected chi connectivity index (χ3v) is 4.11. The highest BCUT2D eigenvalue weighted by atomic mass is 16.6. The van der Waals surface area contributed by atoms with E-state index >= 15 is 0 Å². The van der Waals surface area contributed by atoms with Gasteiger partial charge in [0, 0.05) is 13.2 Å². The van der Waals surface area contributed by atoms with Gasteiger partial charge in [-0.2, -0.15) is 5.26 Å². The highest BCUT2D eigenvalue weighted by Crippen LogP contribution is 2.29. The maximum Gasteiger partial charge on any atom is 0.344 e. The van der Waals surface area contributed by atoms with Crippen molar-refractivity contribution in [1.29, 1.82) is 5.26 Å². The predicted molar refractivity (Wildman–Crippen MR) is 105 cm³/mol. The number of amides is 1. The Hall–Kier alpha value is -3.05. The van der Waals surface area contributed by atoms with Crippen LogP contribution in [0.5, 0.6) is 11.5 Å². The number of hydrogen-bond acceptors (Lipinski definition) is 7. The van der Waals surface area contributed by atoms with Crippen LogP contribution < -0.4 is 14.8 Å². The molecule has 2 rings (SSSR count). The van der Waals surface area contributed by atoms with Gasteiger partial charge in [0.2, 0.25) is 0 Å². The van der Waals surface area contributed by atoms with Gasteiger partial charge < -0.3 is 24.3 Å². The van der Waals surface area contributed by atoms with E-state index in [1.807, 2.05) is 13.0 Å². The number of carbonyl (C=O) groups is 2. The number of esters is 1. The Kier molecular flexibility index (Phi) is 8.99. The quantitative estimate of drug-likeness (QED) is 0.363. The zero-order chi connectivity index (χ0) is 21.1. The van der Waals surface area contributed by atoms with Crippen LogP contribution in [0.25, 0.3) is 6.08 Å². The summed E-state index contributed by atoms with van der Waals surface area (Å²) in [5.41, 5.74) is 0.575. The van der Waals surface area contributed by atoms with Gasteiger partial charge >= 0.3 is 5.97 Å². The largest absolute Gasteiger partial charge is 0.490 e. The lowest BCUT2D eigenvalue weighted by molar-refractivity contribution is -0.145. The second-order valence-electron chi connectivity index (χ2n) is 6.25. The van der Waals surface area contributed by atoms with Crippen molar-refractivity contribution in [3.8, 4) is 17.6 Å². The minimum atomic E-state index is -0.478. The van der Waals surface area contributed by atoms with Crippen molar-refractivity contribution in [3.63, 3.8) is 0 Å². The molecule has 0 saturated carbocycles. The molecular weight excluding hydrogens is 376 g/mol. The van der Waals surface area contributed by atoms with Crippen molar-refractivity contribution in [2.75, 3.05) is 33.0 Å². The normalized spacial score (nSPS) is 16.0. The molecule has 1 aliphatic heterocycles. The van der Waals surface area contributed by atoms with Gasteiger partial charge in [0.15, 0.2) is 18.1 Å². The van der Waals surface area contributed by atoms with Crippen LogP contribution in [-0.2, 0) is 19.1 Å². The minimum absolute atomic E-state index is 0.000666. The molecule has 8 nitrogen and oxygen atoms in total. The molecule has 1 N–H and O–H groups in total. The monoisotopic (exact) mass is 402 g/mol. The Bertz CT molecular complexity index is 778. The number of nitriles is 1. The first kappa shape index (κ1) is 22.2. The van der Waals surface area contributed by atoms with Crippen molar-refractivity contribution in [2.45, 2.75) is 32.8 Å². The van der Waals surface area contributed by atoms with Crippen molar-refractivity contribution in [2.24, 2.45) is 0 Å². The van der Waals surface area contributed by atoms with E-state index in [0.717, 1.165) is 12.8 Å². The lowest BCUT2D eigenvalue weighted by Crippen LogP contribution is -2.32. The molecule has 1 aromatic rings. The van der Waals surface area contributed by atoms with Gasteiger partial charge in [-0.25, -0.2) is 4.79 Å². The molecule has 29 heavy (non-hydrogen) atoms. The molecule has 0 bridgehead atoms. The van der Waals surface area contributed by atoms with E-state index in [-0.39, 0.29) is 24.9 Å². The number of nitrogens with zero attached hydrogens (tertiary/aromatic N) is 1. The molecule has 1 saturated heterocycles. The fraction of sp³-hybridized carbons (Fsp3) is 0.476. The second kappa shape index (κ2) is 11.7. The second-order valence-corrected chi connectivity index (χ2v) is 6.25. The van der Waals surface area contributed by atoms with Gasteiger partial charge in [0.1, 0.15) is 11.6 Å². The Morgan fingerprint density at radius 2 is 2.10 bits per heavy atom. The van der Waals surface area contributed by atoms with Crippen molar-refractivity contribution >= 4 is 18.0 Å². The highest BCUT2D eigenvalue weighted by molar-refractivity contribution is 6.01. The summed E-state index contributed by atoms with van der Waals surface area (Å²) < 4.78 is 21.3. The van der Waals surface area contributed by atoms with E-state index in [1.54, 1.807) is 25.1 Å². The zero-order valence-corrected chi connectivity index (χ0v) is 16.7. The van der Waals surface area contributed by atoms with Crippen LogP contribution in [0.1, 0.15) is 32.3 Å². The third-order valence-electron chi connectivity index (χ3n) is 4.11. The van der Waals surface area contributed by atoms with Crippen LogP contribution in [-0.4, -0.2) is 51.0 Å². The maximum atomic E-state index is 12.3. The molecule has 0 radical (unpaired) electrons. The molecule has 0 spiro atoms. The Morgan fingerprint density at radius 3 is 2.76 bits per heavy atom. The van der Waals surface area contributed by atoms with Crippen molar-refractivity contribution in [1.82, 2.24) is 5.32 Å². The van der Waals surface area contributed by atoms with Gasteiger partial charge in [0.05, 0.1) is 19.3 Å². The molecule has 1 aliphatic rings. The molecular formula is C21H26N2O6. The summed E-state index contributed by atoms with van der Waals surface area (Å²) in [6, 6.07) is 6.86. The summed E-state index contributed by atoms with van der Waals surface area (Å²) in [6.45, 7) is 5.03. The summed E-state index contributed by atoms with van der Waals surface area (Å²) in [5, 5.41) is 12.1. The van der Waals surface area contributed by atoms with Crippen LogP contribution in [0, 0.1) is 11.3 Å². The molecule has 0 unspecified atom stereocenters. The minimum Gasteiger partial charge on any atom is -0.490 e. The summed E-state index contributed by atoms with van der Waals surface area (Å²) in [7, 11) is 0. The van der Waals surface area contributed by atoms with Gasteiger partial charge in [-0.1, -0.05) is 6.07 Å². The lowest BCUT2D eigenvalue weighted by atomic mass is 10.1. The molecule has 1 amide bonds. The maximum absolute atomic E-state index is 12.3. The summed E-state index contributed by atoms with van der Waals surface area (Å²) in [4.78, 5) is 23.8. The van der Waals surface area contributed by atoms with E-state index in [2.05, 4.69) is 5.32 Å². The number of hydrogen-bond donors (Lipinski definition) is 1. The topological polar surface area (TPSA) is 107 Å². The van der Waals surface area contributed by atoms with Crippen molar-refractivity contribution in [3.05, 3.63) is 29.3 Å². The van der Waals surface area contributed by atoms with Gasteiger partial charge in [0.25, 0.3) is 5.91 Å². The average molecular weight is 402 g/mol. The van der Waals surface area contributed by atoms with Crippen LogP contribution in [0.3, 0.4) is 0 Å². The molecule has 1 aromatic carbocycles. The number of rotatable bonds is 10. The van der Waals surface area contributed by atoms with Crippen LogP contribution in [0.15, 0.2) is 23.8 Å². The standard InChI is InChI=1S/C21H26N2O6/c1-3-26-19-11-15(7-8-18(19)29-14-20(24)27-4-2)10-16(12-22)21(25)23-13-17-6-5-9-28-17/h7-8,10-11,17H,3-6,9,13-14H2,1-2H3,(H,23,25)/b16-10+/t17-/m1/s1. The molecule has 0 aromatic heterocycles. The first-order chi connectivity index (χ1) is 14.1. The van der Waals surface area contributed by atoms with E-state index in [9.17, 15) is 14.9 Å². The predicted octanol–water partition coefficient (Wildman–Crippen LogP) is 2.23. The fourth-order valence-electron chi connectivity index (χ4n) is 2.76. The average Bonchev–Trinajstić information content (AvgIpc) is 3.23. The first-order valence-electron chi connectivity index (χ1n) is 9.64. The fourth-order valence-corrected chi connectivity index (χ4v) is 2.76. The number of benzene rings is 1. The highest BCUT2D eigenvalue weighted by Gasteiger charge is 2.18. The first-order valence-corrected chi connectivity index (χ1v) is 9.64. The van der Waals surface area contributed by atoms with E-state index in [4.69, 9.17) is 18.9 Å². The van der Waals surface area contributed by atoms with E-state index in [1.165, 1.54) is 6.08 Å². The Labute approximate surface area is 170 Å². The van der Waals surface area contributed by atoms with Gasteiger partial charge in [-0.15, -0.1) is 0 Å². The lowest BCUT2D eigenvalue weighted by Gasteiger charge is -2.12. The van der Waals surface area contributed by atoms with Crippen LogP contribution in [0.2, 0.25) is 0 Å². The van der Waals surface area contributed by atoms with Crippen LogP contribution in [0.4, 0.5) is 0 Å². The number of ether oxygens (including phenoxy) is 4. The summed E-state index contributed by atoms with van der Waals surface area (Å²) in [6.07, 6.45) is 3.35. The Morgan fingerprint density at radius 1 is 1.28 bits per heavy atom. The van der Waals surface area contributed by atoms with Gasteiger partial charge in [-0.3, -0.25) is 4.79 Å². The molecule has 1 heterocycles. The zero-order valence-electron chi connectivity index (χ0n) is 16.7. The third kappa shape index (κ3) is 7.12. The molecule has 1 fully saturated rings. The Balaban J connectivity index is 2.08. The van der Waals surface area contributed by atoms with Gasteiger partial charge in [-0.05, 0) is 50.5 Å². The summed E-state index contributed by atoms with van der Waals surface area (Å²) in [5.74, 6) is -0.154. The molecule has 156 valence electrons. The number of carbonyl (C=O) groups excluding carboxylic acids is 2. The van der Waals surface area contributed by atoms with E-state index in [0.29, 0.717) is 36.8 Å². The number of nitrogens with one attached hydrogen (secondary N) is 1. The SMILES string of the molecule is CCOC(=O)COc1ccc(/C=C(\C#N)C(=O)NC[C@H]2CCCO2)cc1OCC. The van der Waals surface area contributed by atoms with Crippen LogP contribution >= 0.6 is 0 Å². The molecule has 8 heteroatoms. The summed E-state index contributed by atoms with van der Waals surface area (Å²) >= 11 is 0. The molecule has 1 atom stereocenters. The van der Waals surface area contributed by atoms with Crippen molar-refractivity contribution < 1.29 is 28.5 Å².